The molecular weight excluding hydrogens is 615 g/mol. The van der Waals surface area contributed by atoms with Crippen molar-refractivity contribution in [1.29, 1.82) is 0 Å². The van der Waals surface area contributed by atoms with Crippen LogP contribution in [0.4, 0.5) is 11.4 Å². The third-order valence-electron chi connectivity index (χ3n) is 11.0. The van der Waals surface area contributed by atoms with E-state index < -0.39 is 0 Å². The molecule has 0 unspecified atom stereocenters. The zero-order valence-corrected chi connectivity index (χ0v) is 28.5. The molecule has 0 amide bonds. The second-order valence-corrected chi connectivity index (χ2v) is 13.9. The third-order valence-corrected chi connectivity index (χ3v) is 11.0. The van der Waals surface area contributed by atoms with E-state index in [9.17, 15) is 0 Å². The van der Waals surface area contributed by atoms with Crippen LogP contribution >= 0.6 is 0 Å². The van der Waals surface area contributed by atoms with Gasteiger partial charge >= 0.3 is 0 Å². The van der Waals surface area contributed by atoms with Gasteiger partial charge in [0.2, 0.25) is 0 Å². The van der Waals surface area contributed by atoms with Crippen LogP contribution in [0.15, 0.2) is 176 Å². The molecule has 0 atom stereocenters. The molecule has 0 heterocycles. The van der Waals surface area contributed by atoms with Crippen molar-refractivity contribution in [3.05, 3.63) is 192 Å². The highest BCUT2D eigenvalue weighted by Crippen LogP contribution is 2.42. The maximum Gasteiger partial charge on any atom is 0.0464 e. The summed E-state index contributed by atoms with van der Waals surface area (Å²) in [5.41, 5.74) is 11.8. The highest BCUT2D eigenvalue weighted by atomic mass is 15.1. The highest BCUT2D eigenvalue weighted by molar-refractivity contribution is 6.12. The predicted octanol–water partition coefficient (Wildman–Crippen LogP) is 13.8. The Hall–Kier alpha value is -6.18. The molecule has 0 spiro atoms. The van der Waals surface area contributed by atoms with E-state index in [0.717, 1.165) is 25.7 Å². The summed E-state index contributed by atoms with van der Waals surface area (Å²) in [5, 5.41) is 10.5. The van der Waals surface area contributed by atoms with Gasteiger partial charge in [-0.1, -0.05) is 133 Å². The van der Waals surface area contributed by atoms with E-state index in [-0.39, 0.29) is 0 Å². The maximum atomic E-state index is 2.47. The normalized spacial score (nSPS) is 14.1. The number of rotatable bonds is 5. The Balaban J connectivity index is 1.08. The van der Waals surface area contributed by atoms with Gasteiger partial charge < -0.3 is 4.90 Å². The van der Waals surface area contributed by atoms with Crippen LogP contribution in [-0.4, -0.2) is 0 Å². The molecule has 10 rings (SSSR count). The molecule has 2 aliphatic carbocycles. The van der Waals surface area contributed by atoms with E-state index >= 15 is 0 Å². The SMILES string of the molecule is C1=Cc2c(-c3ccc(N(C4=CC=C(c5cc6ccccc6c6ccccc56)CC4)c4ccc5ccccc5c4)cc3)cc3ccccc3c2CC1. The molecule has 1 heteroatoms. The average molecular weight is 652 g/mol. The molecule has 0 aromatic heterocycles. The topological polar surface area (TPSA) is 3.24 Å². The van der Waals surface area contributed by atoms with Crippen molar-refractivity contribution in [2.75, 3.05) is 4.90 Å². The number of anilines is 2. The molecule has 51 heavy (non-hydrogen) atoms. The number of hydrogen-bond donors (Lipinski definition) is 0. The summed E-state index contributed by atoms with van der Waals surface area (Å²) in [4.78, 5) is 2.47. The van der Waals surface area contributed by atoms with Crippen molar-refractivity contribution in [2.24, 2.45) is 0 Å². The molecule has 0 saturated heterocycles. The van der Waals surface area contributed by atoms with E-state index in [1.165, 1.54) is 93.6 Å². The monoisotopic (exact) mass is 651 g/mol. The molecule has 8 aromatic carbocycles. The molecule has 0 bridgehead atoms. The first-order valence-electron chi connectivity index (χ1n) is 18.2. The highest BCUT2D eigenvalue weighted by Gasteiger charge is 2.21. The Kier molecular flexibility index (Phi) is 7.17. The van der Waals surface area contributed by atoms with Crippen LogP contribution in [-0.2, 0) is 6.42 Å². The number of nitrogens with zero attached hydrogens (tertiary/aromatic N) is 1. The number of aryl methyl sites for hydroxylation is 1. The first-order chi connectivity index (χ1) is 25.3. The summed E-state index contributed by atoms with van der Waals surface area (Å²) in [6.07, 6.45) is 13.5. The van der Waals surface area contributed by atoms with Gasteiger partial charge in [0.25, 0.3) is 0 Å². The first-order valence-corrected chi connectivity index (χ1v) is 18.2. The van der Waals surface area contributed by atoms with Crippen molar-refractivity contribution >= 4 is 66.1 Å². The molecule has 0 fully saturated rings. The molecular formula is C50H37N. The quantitative estimate of drug-likeness (QED) is 0.167. The van der Waals surface area contributed by atoms with Gasteiger partial charge in [0.1, 0.15) is 0 Å². The van der Waals surface area contributed by atoms with Gasteiger partial charge in [0, 0.05) is 17.1 Å². The third kappa shape index (κ3) is 5.16. The second-order valence-electron chi connectivity index (χ2n) is 13.9. The standard InChI is InChI=1S/C50H37N/c1-2-12-37-31-42(30-21-34(37)11-1)51(40-26-22-35(23-27-40)49-32-38-13-3-5-15-43(38)45-17-7-9-19-47(45)49)41-28-24-36(25-29-41)50-33-39-14-4-6-16-44(39)46-18-8-10-20-48(46)50/h1-7,9-17,19-22,24-26,28-33H,8,18,23,27H2. The molecule has 0 radical (unpaired) electrons. The van der Waals surface area contributed by atoms with Gasteiger partial charge in [-0.25, -0.2) is 0 Å². The van der Waals surface area contributed by atoms with Gasteiger partial charge in [-0.3, -0.25) is 0 Å². The zero-order chi connectivity index (χ0) is 33.7. The summed E-state index contributed by atoms with van der Waals surface area (Å²) < 4.78 is 0. The van der Waals surface area contributed by atoms with Crippen LogP contribution < -0.4 is 4.90 Å². The lowest BCUT2D eigenvalue weighted by atomic mass is 9.86. The van der Waals surface area contributed by atoms with Crippen molar-refractivity contribution in [3.63, 3.8) is 0 Å². The molecule has 1 nitrogen and oxygen atoms in total. The van der Waals surface area contributed by atoms with Crippen molar-refractivity contribution in [3.8, 4) is 11.1 Å². The molecule has 0 saturated carbocycles. The number of benzene rings is 8. The number of allylic oxidation sites excluding steroid dienone is 5. The van der Waals surface area contributed by atoms with Gasteiger partial charge in [0.05, 0.1) is 0 Å². The Morgan fingerprint density at radius 2 is 1.08 bits per heavy atom. The van der Waals surface area contributed by atoms with E-state index in [2.05, 4.69) is 181 Å². The summed E-state index contributed by atoms with van der Waals surface area (Å²) in [6.45, 7) is 0. The summed E-state index contributed by atoms with van der Waals surface area (Å²) >= 11 is 0. The summed E-state index contributed by atoms with van der Waals surface area (Å²) in [6, 6.07) is 56.1. The van der Waals surface area contributed by atoms with Gasteiger partial charge in [-0.2, -0.15) is 0 Å². The van der Waals surface area contributed by atoms with Crippen LogP contribution in [0.25, 0.3) is 65.9 Å². The van der Waals surface area contributed by atoms with E-state index in [1.54, 1.807) is 0 Å². The first kappa shape index (κ1) is 29.7. The number of hydrogen-bond acceptors (Lipinski definition) is 1. The average Bonchev–Trinajstić information content (AvgIpc) is 3.21. The van der Waals surface area contributed by atoms with Crippen LogP contribution in [0.5, 0.6) is 0 Å². The largest absolute Gasteiger partial charge is 0.314 e. The fourth-order valence-electron chi connectivity index (χ4n) is 8.51. The second kappa shape index (κ2) is 12.3. The lowest BCUT2D eigenvalue weighted by molar-refractivity contribution is 0.931. The van der Waals surface area contributed by atoms with Crippen LogP contribution in [0, 0.1) is 0 Å². The Bertz CT molecular complexity index is 2740. The van der Waals surface area contributed by atoms with E-state index in [1.807, 2.05) is 0 Å². The fraction of sp³-hybridized carbons (Fsp3) is 0.0800. The molecule has 0 aliphatic heterocycles. The molecule has 0 N–H and O–H groups in total. The maximum absolute atomic E-state index is 2.47. The van der Waals surface area contributed by atoms with Gasteiger partial charge in [-0.05, 0) is 145 Å². The minimum absolute atomic E-state index is 0.949. The number of fused-ring (bicyclic) bond motifs is 7. The van der Waals surface area contributed by atoms with E-state index in [0.29, 0.717) is 0 Å². The summed E-state index contributed by atoms with van der Waals surface area (Å²) in [5.74, 6) is 0. The molecule has 242 valence electrons. The van der Waals surface area contributed by atoms with Crippen molar-refractivity contribution in [2.45, 2.75) is 25.7 Å². The van der Waals surface area contributed by atoms with Crippen molar-refractivity contribution in [1.82, 2.24) is 0 Å². The van der Waals surface area contributed by atoms with Crippen LogP contribution in [0.1, 0.15) is 36.0 Å². The molecule has 2 aliphatic rings. The van der Waals surface area contributed by atoms with Gasteiger partial charge in [-0.15, -0.1) is 0 Å². The van der Waals surface area contributed by atoms with Gasteiger partial charge in [0.15, 0.2) is 0 Å². The van der Waals surface area contributed by atoms with Crippen molar-refractivity contribution < 1.29 is 0 Å². The van der Waals surface area contributed by atoms with E-state index in [4.69, 9.17) is 0 Å². The Labute approximate surface area is 299 Å². The minimum Gasteiger partial charge on any atom is -0.314 e. The lowest BCUT2D eigenvalue weighted by Crippen LogP contribution is -2.18. The lowest BCUT2D eigenvalue weighted by Gasteiger charge is -2.30. The fourth-order valence-corrected chi connectivity index (χ4v) is 8.51. The molecule has 8 aromatic rings. The zero-order valence-electron chi connectivity index (χ0n) is 28.5. The summed E-state index contributed by atoms with van der Waals surface area (Å²) in [7, 11) is 0. The minimum atomic E-state index is 0.949. The Morgan fingerprint density at radius 3 is 1.86 bits per heavy atom. The smallest absolute Gasteiger partial charge is 0.0464 e. The van der Waals surface area contributed by atoms with Crippen LogP contribution in [0.3, 0.4) is 0 Å². The predicted molar refractivity (Wildman–Crippen MR) is 220 cm³/mol. The Morgan fingerprint density at radius 1 is 0.431 bits per heavy atom. The van der Waals surface area contributed by atoms with Crippen LogP contribution in [0.2, 0.25) is 0 Å².